The molecule has 0 saturated heterocycles. The van der Waals surface area contributed by atoms with E-state index in [1.54, 1.807) is 0 Å². The van der Waals surface area contributed by atoms with E-state index in [4.69, 9.17) is 4.74 Å². The van der Waals surface area contributed by atoms with Crippen molar-refractivity contribution in [3.63, 3.8) is 0 Å². The quantitative estimate of drug-likeness (QED) is 0.437. The van der Waals surface area contributed by atoms with Crippen molar-refractivity contribution >= 4 is 17.8 Å². The van der Waals surface area contributed by atoms with E-state index in [1.807, 2.05) is 12.2 Å². The van der Waals surface area contributed by atoms with Crippen molar-refractivity contribution in [2.24, 2.45) is 0 Å². The molecule has 0 aliphatic heterocycles. The lowest BCUT2D eigenvalue weighted by Gasteiger charge is -2.19. The highest BCUT2D eigenvalue weighted by atomic mass is 16.5. The number of carboxylic acid groups (broad SMARTS) is 2. The molecule has 0 rings (SSSR count). The van der Waals surface area contributed by atoms with Crippen LogP contribution in [0.3, 0.4) is 0 Å². The summed E-state index contributed by atoms with van der Waals surface area (Å²) in [5.41, 5.74) is 0. The highest BCUT2D eigenvalue weighted by Gasteiger charge is 2.13. The molecular formula is C10H15NO6-2. The molecule has 0 aliphatic rings. The molecule has 0 fully saturated rings. The van der Waals surface area contributed by atoms with Gasteiger partial charge in [0.25, 0.3) is 0 Å². The molecule has 0 heterocycles. The molecule has 1 amide bonds. The van der Waals surface area contributed by atoms with Gasteiger partial charge in [-0.1, -0.05) is 13.3 Å². The van der Waals surface area contributed by atoms with Gasteiger partial charge in [-0.3, -0.25) is 4.79 Å². The minimum absolute atomic E-state index is 0.309. The van der Waals surface area contributed by atoms with Gasteiger partial charge in [0.2, 0.25) is 5.91 Å². The van der Waals surface area contributed by atoms with Gasteiger partial charge in [0.15, 0.2) is 0 Å². The van der Waals surface area contributed by atoms with Crippen molar-refractivity contribution in [1.82, 2.24) is 5.32 Å². The zero-order chi connectivity index (χ0) is 13.3. The fraction of sp³-hybridized carbons (Fsp3) is 0.700. The van der Waals surface area contributed by atoms with Gasteiger partial charge in [-0.15, -0.1) is 0 Å². The summed E-state index contributed by atoms with van der Waals surface area (Å²) in [5.74, 6) is -3.95. The smallest absolute Gasteiger partial charge is 0.246 e. The maximum Gasteiger partial charge on any atom is 0.246 e. The number of carbonyl (C=O) groups is 3. The van der Waals surface area contributed by atoms with Gasteiger partial charge < -0.3 is 29.9 Å². The van der Waals surface area contributed by atoms with Crippen LogP contribution in [0.2, 0.25) is 0 Å². The number of ether oxygens (including phenoxy) is 1. The van der Waals surface area contributed by atoms with Crippen LogP contribution in [0.25, 0.3) is 0 Å². The summed E-state index contributed by atoms with van der Waals surface area (Å²) >= 11 is 0. The number of unbranched alkanes of at least 4 members (excludes halogenated alkanes) is 1. The molecule has 0 bridgehead atoms. The monoisotopic (exact) mass is 245 g/mol. The van der Waals surface area contributed by atoms with Crippen molar-refractivity contribution in [3.05, 3.63) is 0 Å². The van der Waals surface area contributed by atoms with Crippen LogP contribution in [0.15, 0.2) is 0 Å². The SMILES string of the molecule is CCCCOCC(=O)NC(CC(=O)[O-])C(=O)[O-]. The molecule has 1 unspecified atom stereocenters. The standard InChI is InChI=1S/C10H17NO6/c1-2-3-4-17-6-8(12)11-7(10(15)16)5-9(13)14/h7H,2-6H2,1H3,(H,11,12)(H,13,14)(H,15,16)/p-2. The van der Waals surface area contributed by atoms with Crippen LogP contribution in [0.4, 0.5) is 0 Å². The average molecular weight is 245 g/mol. The maximum atomic E-state index is 11.2. The number of hydrogen-bond donors (Lipinski definition) is 1. The van der Waals surface area contributed by atoms with Crippen molar-refractivity contribution in [3.8, 4) is 0 Å². The maximum absolute atomic E-state index is 11.2. The van der Waals surface area contributed by atoms with Crippen LogP contribution in [0, 0.1) is 0 Å². The first kappa shape index (κ1) is 15.4. The summed E-state index contributed by atoms with van der Waals surface area (Å²) in [6.07, 6.45) is 0.868. The minimum Gasteiger partial charge on any atom is -0.550 e. The molecule has 0 aromatic heterocycles. The van der Waals surface area contributed by atoms with Crippen LogP contribution in [-0.4, -0.2) is 37.1 Å². The fourth-order valence-corrected chi connectivity index (χ4v) is 1.01. The topological polar surface area (TPSA) is 119 Å². The van der Waals surface area contributed by atoms with Gasteiger partial charge in [-0.25, -0.2) is 0 Å². The average Bonchev–Trinajstić information content (AvgIpc) is 2.22. The van der Waals surface area contributed by atoms with Crippen LogP contribution in [0.5, 0.6) is 0 Å². The lowest BCUT2D eigenvalue weighted by Crippen LogP contribution is -2.51. The Morgan fingerprint density at radius 1 is 1.29 bits per heavy atom. The van der Waals surface area contributed by atoms with Gasteiger partial charge in [-0.05, 0) is 6.42 Å². The third kappa shape index (κ3) is 8.21. The summed E-state index contributed by atoms with van der Waals surface area (Å²) in [7, 11) is 0. The third-order valence-electron chi connectivity index (χ3n) is 1.87. The Bertz CT molecular complexity index is 278. The first-order valence-corrected chi connectivity index (χ1v) is 5.25. The second-order valence-electron chi connectivity index (χ2n) is 3.42. The van der Waals surface area contributed by atoms with Gasteiger partial charge in [0.1, 0.15) is 6.61 Å². The molecule has 0 aliphatic carbocycles. The molecule has 1 atom stereocenters. The number of nitrogens with one attached hydrogen (secondary N) is 1. The van der Waals surface area contributed by atoms with E-state index < -0.39 is 30.3 Å². The number of rotatable bonds is 9. The van der Waals surface area contributed by atoms with Gasteiger partial charge in [0.05, 0.1) is 12.0 Å². The van der Waals surface area contributed by atoms with Crippen molar-refractivity contribution in [1.29, 1.82) is 0 Å². The second kappa shape index (κ2) is 8.51. The van der Waals surface area contributed by atoms with E-state index >= 15 is 0 Å². The van der Waals surface area contributed by atoms with E-state index in [2.05, 4.69) is 0 Å². The normalized spacial score (nSPS) is 11.8. The van der Waals surface area contributed by atoms with Crippen LogP contribution < -0.4 is 15.5 Å². The Morgan fingerprint density at radius 3 is 2.41 bits per heavy atom. The predicted molar refractivity (Wildman–Crippen MR) is 52.3 cm³/mol. The van der Waals surface area contributed by atoms with Crippen molar-refractivity contribution in [2.45, 2.75) is 32.2 Å². The molecular weight excluding hydrogens is 230 g/mol. The van der Waals surface area contributed by atoms with Gasteiger partial charge in [0, 0.05) is 19.0 Å². The predicted octanol–water partition coefficient (Wildman–Crippen LogP) is -2.82. The number of hydrogen-bond acceptors (Lipinski definition) is 6. The lowest BCUT2D eigenvalue weighted by atomic mass is 10.2. The molecule has 0 spiro atoms. The highest BCUT2D eigenvalue weighted by Crippen LogP contribution is 1.91. The van der Waals surface area contributed by atoms with E-state index in [1.165, 1.54) is 0 Å². The minimum atomic E-state index is -1.67. The van der Waals surface area contributed by atoms with Crippen molar-refractivity contribution < 1.29 is 29.3 Å². The Hall–Kier alpha value is -1.63. The molecule has 17 heavy (non-hydrogen) atoms. The fourth-order valence-electron chi connectivity index (χ4n) is 1.01. The van der Waals surface area contributed by atoms with Crippen LogP contribution in [-0.2, 0) is 19.1 Å². The Kier molecular flexibility index (Phi) is 7.70. The summed E-state index contributed by atoms with van der Waals surface area (Å²) in [6, 6.07) is -1.60. The molecule has 0 aromatic rings. The first-order chi connectivity index (χ1) is 7.97. The molecule has 0 aromatic carbocycles. The van der Waals surface area contributed by atoms with Gasteiger partial charge in [-0.2, -0.15) is 0 Å². The second-order valence-corrected chi connectivity index (χ2v) is 3.42. The molecule has 1 N–H and O–H groups in total. The molecule has 98 valence electrons. The Balaban J connectivity index is 3.96. The van der Waals surface area contributed by atoms with Crippen LogP contribution >= 0.6 is 0 Å². The zero-order valence-electron chi connectivity index (χ0n) is 9.56. The van der Waals surface area contributed by atoms with E-state index in [0.717, 1.165) is 12.8 Å². The highest BCUT2D eigenvalue weighted by molar-refractivity contribution is 5.86. The summed E-state index contributed by atoms with van der Waals surface area (Å²) in [5, 5.41) is 22.7. The largest absolute Gasteiger partial charge is 0.550 e. The van der Waals surface area contributed by atoms with E-state index in [-0.39, 0.29) is 6.61 Å². The summed E-state index contributed by atoms with van der Waals surface area (Å²) < 4.78 is 4.93. The lowest BCUT2D eigenvalue weighted by molar-refractivity contribution is -0.317. The number of aliphatic carboxylic acids is 2. The number of amides is 1. The summed E-state index contributed by atoms with van der Waals surface area (Å²) in [6.45, 7) is 2.03. The first-order valence-electron chi connectivity index (χ1n) is 5.25. The summed E-state index contributed by atoms with van der Waals surface area (Å²) in [4.78, 5) is 31.9. The Morgan fingerprint density at radius 2 is 1.94 bits per heavy atom. The molecule has 7 heteroatoms. The Labute approximate surface area is 98.8 Å². The van der Waals surface area contributed by atoms with Crippen LogP contribution in [0.1, 0.15) is 26.2 Å². The number of carboxylic acids is 2. The number of carbonyl (C=O) groups excluding carboxylic acids is 3. The molecule has 0 radical (unpaired) electrons. The molecule has 7 nitrogen and oxygen atoms in total. The molecule has 0 saturated carbocycles. The van der Waals surface area contributed by atoms with Gasteiger partial charge >= 0.3 is 0 Å². The van der Waals surface area contributed by atoms with E-state index in [0.29, 0.717) is 6.61 Å². The van der Waals surface area contributed by atoms with Crippen molar-refractivity contribution in [2.75, 3.05) is 13.2 Å². The third-order valence-corrected chi connectivity index (χ3v) is 1.87. The van der Waals surface area contributed by atoms with E-state index in [9.17, 15) is 24.6 Å². The zero-order valence-corrected chi connectivity index (χ0v) is 9.56.